The second kappa shape index (κ2) is 7.83. The Balaban J connectivity index is 1.62. The summed E-state index contributed by atoms with van der Waals surface area (Å²) in [6.07, 6.45) is 2.00. The molecule has 0 aromatic carbocycles. The van der Waals surface area contributed by atoms with E-state index in [1.165, 1.54) is 6.26 Å². The van der Waals surface area contributed by atoms with Crippen LogP contribution in [0.3, 0.4) is 0 Å². The molecule has 0 N–H and O–H groups in total. The van der Waals surface area contributed by atoms with Gasteiger partial charge in [-0.3, -0.25) is 4.79 Å². The maximum Gasteiger partial charge on any atom is 0.284 e. The predicted molar refractivity (Wildman–Crippen MR) is 96.3 cm³/mol. The SMILES string of the molecule is CC(C)CN(C(=O)CSc1nnc(-c2ccco2)o1)C1CCS(=O)(=O)C1. The Hall–Kier alpha value is -1.81. The largest absolute Gasteiger partial charge is 0.459 e. The molecule has 0 radical (unpaired) electrons. The normalized spacial score (nSPS) is 19.1. The van der Waals surface area contributed by atoms with Crippen molar-refractivity contribution < 1.29 is 22.0 Å². The molecule has 1 aliphatic rings. The molecule has 1 fully saturated rings. The van der Waals surface area contributed by atoms with Crippen molar-refractivity contribution in [2.75, 3.05) is 23.8 Å². The molecule has 10 heteroatoms. The van der Waals surface area contributed by atoms with Gasteiger partial charge in [0.2, 0.25) is 5.91 Å². The Morgan fingerprint density at radius 2 is 2.23 bits per heavy atom. The molecular weight excluding hydrogens is 378 g/mol. The van der Waals surface area contributed by atoms with Gasteiger partial charge in [0, 0.05) is 12.6 Å². The van der Waals surface area contributed by atoms with Crippen molar-refractivity contribution in [1.29, 1.82) is 0 Å². The number of carbonyl (C=O) groups is 1. The maximum absolute atomic E-state index is 12.7. The number of aromatic nitrogens is 2. The summed E-state index contributed by atoms with van der Waals surface area (Å²) < 4.78 is 34.2. The van der Waals surface area contributed by atoms with E-state index in [1.807, 2.05) is 13.8 Å². The van der Waals surface area contributed by atoms with E-state index in [0.29, 0.717) is 18.7 Å². The van der Waals surface area contributed by atoms with Crippen LogP contribution in [-0.4, -0.2) is 59.3 Å². The van der Waals surface area contributed by atoms with E-state index >= 15 is 0 Å². The molecule has 0 spiro atoms. The number of nitrogens with zero attached hydrogens (tertiary/aromatic N) is 3. The van der Waals surface area contributed by atoms with E-state index in [0.717, 1.165) is 11.8 Å². The molecule has 1 aliphatic heterocycles. The van der Waals surface area contributed by atoms with E-state index in [1.54, 1.807) is 17.0 Å². The summed E-state index contributed by atoms with van der Waals surface area (Å²) in [5, 5.41) is 8.07. The summed E-state index contributed by atoms with van der Waals surface area (Å²) >= 11 is 1.14. The minimum absolute atomic E-state index is 0.0410. The first-order valence-corrected chi connectivity index (χ1v) is 11.1. The molecule has 0 saturated carbocycles. The molecule has 26 heavy (non-hydrogen) atoms. The van der Waals surface area contributed by atoms with Crippen molar-refractivity contribution in [2.45, 2.75) is 31.5 Å². The van der Waals surface area contributed by atoms with Gasteiger partial charge < -0.3 is 13.7 Å². The standard InChI is InChI=1S/C16H21N3O5S2/c1-11(2)8-19(12-5-7-26(21,22)10-12)14(20)9-25-16-18-17-15(24-16)13-4-3-6-23-13/h3-4,6,11-12H,5,7-10H2,1-2H3. The molecule has 1 saturated heterocycles. The topological polar surface area (TPSA) is 107 Å². The number of hydrogen-bond acceptors (Lipinski definition) is 8. The molecule has 142 valence electrons. The molecule has 1 unspecified atom stereocenters. The highest BCUT2D eigenvalue weighted by Crippen LogP contribution is 2.25. The molecule has 3 heterocycles. The van der Waals surface area contributed by atoms with Crippen LogP contribution in [0, 0.1) is 5.92 Å². The maximum atomic E-state index is 12.7. The molecule has 0 aliphatic carbocycles. The zero-order chi connectivity index (χ0) is 18.7. The van der Waals surface area contributed by atoms with Gasteiger partial charge in [-0.25, -0.2) is 8.42 Å². The Bertz CT molecular complexity index is 845. The average molecular weight is 399 g/mol. The number of hydrogen-bond donors (Lipinski definition) is 0. The molecule has 2 aromatic heterocycles. The van der Waals surface area contributed by atoms with Crippen LogP contribution in [0.2, 0.25) is 0 Å². The third-order valence-corrected chi connectivity index (χ3v) is 6.54. The fourth-order valence-corrected chi connectivity index (χ4v) is 5.22. The number of rotatable bonds is 7. The summed E-state index contributed by atoms with van der Waals surface area (Å²) in [5.74, 6) is 1.15. The molecule has 1 atom stereocenters. The smallest absolute Gasteiger partial charge is 0.284 e. The van der Waals surface area contributed by atoms with Gasteiger partial charge in [0.25, 0.3) is 11.1 Å². The van der Waals surface area contributed by atoms with Crippen LogP contribution < -0.4 is 0 Å². The lowest BCUT2D eigenvalue weighted by Gasteiger charge is -2.29. The van der Waals surface area contributed by atoms with Gasteiger partial charge in [-0.2, -0.15) is 0 Å². The van der Waals surface area contributed by atoms with E-state index in [9.17, 15) is 13.2 Å². The number of carbonyl (C=O) groups excluding carboxylic acids is 1. The Kier molecular flexibility index (Phi) is 5.71. The van der Waals surface area contributed by atoms with Crippen LogP contribution in [0.4, 0.5) is 0 Å². The van der Waals surface area contributed by atoms with Gasteiger partial charge in [-0.15, -0.1) is 10.2 Å². The lowest BCUT2D eigenvalue weighted by molar-refractivity contribution is -0.130. The van der Waals surface area contributed by atoms with Gasteiger partial charge in [0.1, 0.15) is 0 Å². The van der Waals surface area contributed by atoms with E-state index in [4.69, 9.17) is 8.83 Å². The zero-order valence-corrected chi connectivity index (χ0v) is 16.3. The van der Waals surface area contributed by atoms with Gasteiger partial charge in [0.15, 0.2) is 15.6 Å². The van der Waals surface area contributed by atoms with Crippen molar-refractivity contribution in [1.82, 2.24) is 15.1 Å². The minimum Gasteiger partial charge on any atom is -0.459 e. The van der Waals surface area contributed by atoms with Gasteiger partial charge in [-0.05, 0) is 24.5 Å². The van der Waals surface area contributed by atoms with Crippen molar-refractivity contribution >= 4 is 27.5 Å². The highest BCUT2D eigenvalue weighted by molar-refractivity contribution is 7.99. The van der Waals surface area contributed by atoms with Crippen molar-refractivity contribution in [3.8, 4) is 11.7 Å². The Labute approximate surface area is 156 Å². The minimum atomic E-state index is -3.05. The Morgan fingerprint density at radius 1 is 1.42 bits per heavy atom. The summed E-state index contributed by atoms with van der Waals surface area (Å²) in [4.78, 5) is 14.4. The lowest BCUT2D eigenvalue weighted by Crippen LogP contribution is -2.44. The second-order valence-electron chi connectivity index (χ2n) is 6.64. The van der Waals surface area contributed by atoms with Crippen LogP contribution in [-0.2, 0) is 14.6 Å². The summed E-state index contributed by atoms with van der Waals surface area (Å²) in [7, 11) is -3.05. The van der Waals surface area contributed by atoms with Crippen LogP contribution in [0.25, 0.3) is 11.7 Å². The summed E-state index contributed by atoms with van der Waals surface area (Å²) in [5.41, 5.74) is 0. The summed E-state index contributed by atoms with van der Waals surface area (Å²) in [6, 6.07) is 3.17. The van der Waals surface area contributed by atoms with Gasteiger partial charge >= 0.3 is 0 Å². The van der Waals surface area contributed by atoms with Crippen molar-refractivity contribution in [3.63, 3.8) is 0 Å². The molecule has 2 aromatic rings. The number of thioether (sulfide) groups is 1. The summed E-state index contributed by atoms with van der Waals surface area (Å²) in [6.45, 7) is 4.54. The van der Waals surface area contributed by atoms with Crippen LogP contribution in [0.5, 0.6) is 0 Å². The number of amides is 1. The van der Waals surface area contributed by atoms with Gasteiger partial charge in [0.05, 0.1) is 23.5 Å². The second-order valence-corrected chi connectivity index (χ2v) is 9.79. The first kappa shape index (κ1) is 19.0. The molecule has 8 nitrogen and oxygen atoms in total. The fraction of sp³-hybridized carbons (Fsp3) is 0.562. The molecule has 0 bridgehead atoms. The van der Waals surface area contributed by atoms with E-state index in [2.05, 4.69) is 10.2 Å². The molecule has 3 rings (SSSR count). The van der Waals surface area contributed by atoms with Crippen molar-refractivity contribution in [2.24, 2.45) is 5.92 Å². The zero-order valence-electron chi connectivity index (χ0n) is 14.6. The lowest BCUT2D eigenvalue weighted by atomic mass is 10.1. The Morgan fingerprint density at radius 3 is 2.85 bits per heavy atom. The van der Waals surface area contributed by atoms with E-state index < -0.39 is 9.84 Å². The highest BCUT2D eigenvalue weighted by Gasteiger charge is 2.34. The van der Waals surface area contributed by atoms with Gasteiger partial charge in [-0.1, -0.05) is 25.6 Å². The van der Waals surface area contributed by atoms with Crippen molar-refractivity contribution in [3.05, 3.63) is 18.4 Å². The third kappa shape index (κ3) is 4.67. The van der Waals surface area contributed by atoms with E-state index in [-0.39, 0.29) is 46.2 Å². The monoisotopic (exact) mass is 399 g/mol. The number of sulfone groups is 1. The fourth-order valence-electron chi connectivity index (χ4n) is 2.84. The first-order chi connectivity index (χ1) is 12.3. The molecular formula is C16H21N3O5S2. The first-order valence-electron chi connectivity index (χ1n) is 8.34. The highest BCUT2D eigenvalue weighted by atomic mass is 32.2. The third-order valence-electron chi connectivity index (χ3n) is 3.99. The average Bonchev–Trinajstić information content (AvgIpc) is 3.30. The van der Waals surface area contributed by atoms with Crippen LogP contribution >= 0.6 is 11.8 Å². The quantitative estimate of drug-likeness (QED) is 0.652. The molecule has 1 amide bonds. The predicted octanol–water partition coefficient (Wildman–Crippen LogP) is 2.09. The van der Waals surface area contributed by atoms with Crippen LogP contribution in [0.1, 0.15) is 20.3 Å². The van der Waals surface area contributed by atoms with Crippen LogP contribution in [0.15, 0.2) is 32.5 Å². The number of furan rings is 1.